The first-order valence-corrected chi connectivity index (χ1v) is 5.74. The number of hydrogen-bond acceptors (Lipinski definition) is 4. The maximum absolute atomic E-state index is 11.5. The largest absolute Gasteiger partial charge is 0.364 e. The van der Waals surface area contributed by atoms with Crippen LogP contribution in [0.3, 0.4) is 0 Å². The summed E-state index contributed by atoms with van der Waals surface area (Å²) in [5, 5.41) is 9.76. The third-order valence-electron chi connectivity index (χ3n) is 2.86. The average molecular weight is 223 g/mol. The van der Waals surface area contributed by atoms with Gasteiger partial charge in [-0.05, 0) is 12.8 Å². The first kappa shape index (κ1) is 11.1. The molecule has 1 saturated carbocycles. The summed E-state index contributed by atoms with van der Waals surface area (Å²) in [6.45, 7) is 0.824. The highest BCUT2D eigenvalue weighted by Gasteiger charge is 2.15. The van der Waals surface area contributed by atoms with Gasteiger partial charge in [-0.25, -0.2) is 0 Å². The predicted molar refractivity (Wildman–Crippen MR) is 58.6 cm³/mol. The summed E-state index contributed by atoms with van der Waals surface area (Å²) in [7, 11) is 0. The first-order valence-electron chi connectivity index (χ1n) is 5.74. The Morgan fingerprint density at radius 2 is 2.31 bits per heavy atom. The van der Waals surface area contributed by atoms with Crippen LogP contribution in [-0.2, 0) is 11.3 Å². The molecule has 2 N–H and O–H groups in total. The Morgan fingerprint density at radius 3 is 3.00 bits per heavy atom. The molecule has 1 aromatic heterocycles. The van der Waals surface area contributed by atoms with Crippen LogP contribution in [0, 0.1) is 0 Å². The third-order valence-corrected chi connectivity index (χ3v) is 2.86. The predicted octanol–water partition coefficient (Wildman–Crippen LogP) is 0.823. The summed E-state index contributed by atoms with van der Waals surface area (Å²) >= 11 is 0. The molecule has 0 unspecified atom stereocenters. The van der Waals surface area contributed by atoms with Crippen molar-refractivity contribution in [1.82, 2.24) is 15.8 Å². The fraction of sp³-hybridized carbons (Fsp3) is 0.636. The third kappa shape index (κ3) is 3.34. The monoisotopic (exact) mass is 223 g/mol. The molecule has 1 heterocycles. The number of hydrogen-bond donors (Lipinski definition) is 2. The first-order chi connectivity index (χ1) is 7.84. The molecule has 1 aliphatic carbocycles. The van der Waals surface area contributed by atoms with Crippen LogP contribution in [0.15, 0.2) is 16.9 Å². The maximum Gasteiger partial charge on any atom is 0.234 e. The minimum absolute atomic E-state index is 0.00917. The lowest BCUT2D eigenvalue weighted by Crippen LogP contribution is -2.37. The second kappa shape index (κ2) is 5.65. The van der Waals surface area contributed by atoms with Crippen molar-refractivity contribution >= 4 is 5.91 Å². The lowest BCUT2D eigenvalue weighted by Gasteiger charge is -2.11. The molecule has 1 aliphatic rings. The van der Waals surface area contributed by atoms with Crippen LogP contribution in [-0.4, -0.2) is 23.7 Å². The molecule has 1 aromatic rings. The number of rotatable bonds is 5. The molecule has 0 atom stereocenters. The molecule has 0 radical (unpaired) electrons. The Morgan fingerprint density at radius 1 is 1.50 bits per heavy atom. The van der Waals surface area contributed by atoms with E-state index in [1.54, 1.807) is 6.07 Å². The summed E-state index contributed by atoms with van der Waals surface area (Å²) < 4.78 is 4.67. The molecule has 0 spiro atoms. The van der Waals surface area contributed by atoms with Crippen LogP contribution in [0.5, 0.6) is 0 Å². The van der Waals surface area contributed by atoms with E-state index in [0.29, 0.717) is 19.1 Å². The zero-order valence-corrected chi connectivity index (χ0v) is 9.24. The van der Waals surface area contributed by atoms with E-state index >= 15 is 0 Å². The van der Waals surface area contributed by atoms with Crippen LogP contribution in [0.1, 0.15) is 31.4 Å². The van der Waals surface area contributed by atoms with E-state index < -0.39 is 0 Å². The van der Waals surface area contributed by atoms with Gasteiger partial charge in [0.05, 0.1) is 13.1 Å². The van der Waals surface area contributed by atoms with Crippen LogP contribution in [0.2, 0.25) is 0 Å². The quantitative estimate of drug-likeness (QED) is 0.775. The minimum atomic E-state index is 0.00917. The van der Waals surface area contributed by atoms with E-state index in [1.807, 2.05) is 0 Å². The molecule has 88 valence electrons. The van der Waals surface area contributed by atoms with Crippen molar-refractivity contribution in [1.29, 1.82) is 0 Å². The van der Waals surface area contributed by atoms with E-state index in [-0.39, 0.29) is 5.91 Å². The van der Waals surface area contributed by atoms with Gasteiger partial charge in [0.15, 0.2) is 0 Å². The molecular weight excluding hydrogens is 206 g/mol. The van der Waals surface area contributed by atoms with Crippen LogP contribution < -0.4 is 10.6 Å². The van der Waals surface area contributed by atoms with Crippen molar-refractivity contribution in [3.05, 3.63) is 18.0 Å². The fourth-order valence-corrected chi connectivity index (χ4v) is 1.95. The normalized spacial score (nSPS) is 16.5. The number of carbonyl (C=O) groups is 1. The Hall–Kier alpha value is -1.36. The molecule has 1 fully saturated rings. The van der Waals surface area contributed by atoms with Crippen molar-refractivity contribution in [2.75, 3.05) is 6.54 Å². The number of nitrogens with one attached hydrogen (secondary N) is 2. The smallest absolute Gasteiger partial charge is 0.234 e. The molecule has 0 bridgehead atoms. The van der Waals surface area contributed by atoms with E-state index in [4.69, 9.17) is 0 Å². The van der Waals surface area contributed by atoms with Gasteiger partial charge in [-0.2, -0.15) is 0 Å². The van der Waals surface area contributed by atoms with Gasteiger partial charge in [-0.3, -0.25) is 4.79 Å². The van der Waals surface area contributed by atoms with Crippen molar-refractivity contribution in [3.63, 3.8) is 0 Å². The van der Waals surface area contributed by atoms with Gasteiger partial charge in [-0.15, -0.1) is 0 Å². The van der Waals surface area contributed by atoms with Gasteiger partial charge < -0.3 is 15.2 Å². The summed E-state index contributed by atoms with van der Waals surface area (Å²) in [6, 6.07) is 2.27. The molecule has 5 nitrogen and oxygen atoms in total. The number of amides is 1. The highest BCUT2D eigenvalue weighted by Crippen LogP contribution is 2.17. The Labute approximate surface area is 94.6 Å². The van der Waals surface area contributed by atoms with Crippen molar-refractivity contribution < 1.29 is 9.32 Å². The van der Waals surface area contributed by atoms with E-state index in [0.717, 1.165) is 5.69 Å². The van der Waals surface area contributed by atoms with Crippen LogP contribution in [0.25, 0.3) is 0 Å². The van der Waals surface area contributed by atoms with Crippen LogP contribution >= 0.6 is 0 Å². The Kier molecular flexibility index (Phi) is 3.93. The summed E-state index contributed by atoms with van der Waals surface area (Å²) in [4.78, 5) is 11.5. The standard InChI is InChI=1S/C11H17N3O2/c15-11(8-12-9-3-1-2-4-9)13-7-10-5-6-16-14-10/h5-6,9,12H,1-4,7-8H2,(H,13,15). The zero-order valence-electron chi connectivity index (χ0n) is 9.24. The van der Waals surface area contributed by atoms with Crippen molar-refractivity contribution in [2.24, 2.45) is 0 Å². The van der Waals surface area contributed by atoms with Crippen molar-refractivity contribution in [3.8, 4) is 0 Å². The molecule has 0 saturated heterocycles. The van der Waals surface area contributed by atoms with Gasteiger partial charge in [-0.1, -0.05) is 18.0 Å². The van der Waals surface area contributed by atoms with E-state index in [2.05, 4.69) is 20.3 Å². The summed E-state index contributed by atoms with van der Waals surface area (Å²) in [6.07, 6.45) is 6.43. The summed E-state index contributed by atoms with van der Waals surface area (Å²) in [5.74, 6) is 0.00917. The van der Waals surface area contributed by atoms with E-state index in [1.165, 1.54) is 31.9 Å². The second-order valence-electron chi connectivity index (χ2n) is 4.13. The van der Waals surface area contributed by atoms with Gasteiger partial charge in [0.25, 0.3) is 0 Å². The molecule has 2 rings (SSSR count). The number of aromatic nitrogens is 1. The maximum atomic E-state index is 11.5. The zero-order chi connectivity index (χ0) is 11.2. The topological polar surface area (TPSA) is 67.2 Å². The SMILES string of the molecule is O=C(CNC1CCCC1)NCc1ccon1. The summed E-state index contributed by atoms with van der Waals surface area (Å²) in [5.41, 5.74) is 0.745. The van der Waals surface area contributed by atoms with Gasteiger partial charge >= 0.3 is 0 Å². The Bertz CT molecular complexity index is 318. The molecular formula is C11H17N3O2. The number of nitrogens with zero attached hydrogens (tertiary/aromatic N) is 1. The highest BCUT2D eigenvalue weighted by molar-refractivity contribution is 5.77. The van der Waals surface area contributed by atoms with Gasteiger partial charge in [0.2, 0.25) is 5.91 Å². The Balaban J connectivity index is 1.60. The molecule has 0 aromatic carbocycles. The number of carbonyl (C=O) groups excluding carboxylic acids is 1. The molecule has 16 heavy (non-hydrogen) atoms. The van der Waals surface area contributed by atoms with Gasteiger partial charge in [0, 0.05) is 12.1 Å². The molecule has 1 amide bonds. The second-order valence-corrected chi connectivity index (χ2v) is 4.13. The van der Waals surface area contributed by atoms with Crippen LogP contribution in [0.4, 0.5) is 0 Å². The molecule has 5 heteroatoms. The van der Waals surface area contributed by atoms with Gasteiger partial charge in [0.1, 0.15) is 12.0 Å². The molecule has 0 aliphatic heterocycles. The van der Waals surface area contributed by atoms with Crippen molar-refractivity contribution in [2.45, 2.75) is 38.3 Å². The fourth-order valence-electron chi connectivity index (χ4n) is 1.95. The minimum Gasteiger partial charge on any atom is -0.364 e. The lowest BCUT2D eigenvalue weighted by molar-refractivity contribution is -0.120. The lowest BCUT2D eigenvalue weighted by atomic mass is 10.2. The average Bonchev–Trinajstić information content (AvgIpc) is 2.96. The highest BCUT2D eigenvalue weighted by atomic mass is 16.5. The van der Waals surface area contributed by atoms with E-state index in [9.17, 15) is 4.79 Å².